The number of nitrogens with zero attached hydrogens (tertiary/aromatic N) is 3. The molecule has 25 heavy (non-hydrogen) atoms. The number of methoxy groups -OCH3 is 2. The molecular formula is C17H21BrN4O3. The number of aromatic nitrogens is 2. The summed E-state index contributed by atoms with van der Waals surface area (Å²) in [5.41, 5.74) is 1.05. The third kappa shape index (κ3) is 4.32. The summed E-state index contributed by atoms with van der Waals surface area (Å²) in [4.78, 5) is 10.9. The van der Waals surface area contributed by atoms with Crippen LogP contribution in [0.2, 0.25) is 0 Å². The van der Waals surface area contributed by atoms with Gasteiger partial charge in [0.25, 0.3) is 0 Å². The second-order valence-corrected chi connectivity index (χ2v) is 6.38. The predicted molar refractivity (Wildman–Crippen MR) is 99.6 cm³/mol. The number of anilines is 2. The molecule has 2 heterocycles. The Hall–Kier alpha value is -2.06. The van der Waals surface area contributed by atoms with Gasteiger partial charge in [-0.3, -0.25) is 0 Å². The number of hydrogen-bond donors (Lipinski definition) is 1. The van der Waals surface area contributed by atoms with E-state index in [1.807, 2.05) is 18.2 Å². The lowest BCUT2D eigenvalue weighted by molar-refractivity contribution is 0.122. The maximum Gasteiger partial charge on any atom is 0.174 e. The molecule has 0 amide bonds. The van der Waals surface area contributed by atoms with Crippen molar-refractivity contribution in [3.8, 4) is 11.5 Å². The number of ether oxygens (including phenoxy) is 3. The van der Waals surface area contributed by atoms with Crippen LogP contribution in [-0.2, 0) is 11.3 Å². The van der Waals surface area contributed by atoms with E-state index in [0.717, 1.165) is 48.0 Å². The van der Waals surface area contributed by atoms with E-state index >= 15 is 0 Å². The highest BCUT2D eigenvalue weighted by molar-refractivity contribution is 9.10. The minimum atomic E-state index is 0.610. The van der Waals surface area contributed by atoms with Gasteiger partial charge in [0.2, 0.25) is 0 Å². The van der Waals surface area contributed by atoms with E-state index in [2.05, 4.69) is 36.1 Å². The van der Waals surface area contributed by atoms with Crippen molar-refractivity contribution in [2.45, 2.75) is 6.54 Å². The minimum Gasteiger partial charge on any atom is -0.493 e. The number of benzene rings is 1. The second kappa shape index (κ2) is 8.35. The summed E-state index contributed by atoms with van der Waals surface area (Å²) >= 11 is 3.51. The topological polar surface area (TPSA) is 68.7 Å². The lowest BCUT2D eigenvalue weighted by Gasteiger charge is -2.27. The highest BCUT2D eigenvalue weighted by Gasteiger charge is 2.14. The van der Waals surface area contributed by atoms with Gasteiger partial charge in [0, 0.05) is 25.7 Å². The molecule has 2 aromatic rings. The Labute approximate surface area is 155 Å². The molecule has 0 unspecified atom stereocenters. The lowest BCUT2D eigenvalue weighted by Crippen LogP contribution is -2.36. The minimum absolute atomic E-state index is 0.610. The molecule has 0 saturated carbocycles. The summed E-state index contributed by atoms with van der Waals surface area (Å²) in [6.07, 6.45) is 1.58. The van der Waals surface area contributed by atoms with Crippen molar-refractivity contribution in [3.05, 3.63) is 34.6 Å². The van der Waals surface area contributed by atoms with Crippen molar-refractivity contribution in [1.82, 2.24) is 9.97 Å². The number of hydrogen-bond acceptors (Lipinski definition) is 7. The fourth-order valence-corrected chi connectivity index (χ4v) is 3.33. The average Bonchev–Trinajstić information content (AvgIpc) is 2.66. The first-order valence-electron chi connectivity index (χ1n) is 8.00. The van der Waals surface area contributed by atoms with Crippen LogP contribution in [0.25, 0.3) is 0 Å². The average molecular weight is 409 g/mol. The van der Waals surface area contributed by atoms with Gasteiger partial charge in [0.15, 0.2) is 11.5 Å². The predicted octanol–water partition coefficient (Wildman–Crippen LogP) is 2.71. The summed E-state index contributed by atoms with van der Waals surface area (Å²) in [7, 11) is 3.25. The van der Waals surface area contributed by atoms with E-state index in [4.69, 9.17) is 14.2 Å². The van der Waals surface area contributed by atoms with Crippen LogP contribution in [-0.4, -0.2) is 50.5 Å². The first-order chi connectivity index (χ1) is 12.2. The van der Waals surface area contributed by atoms with Gasteiger partial charge < -0.3 is 24.4 Å². The van der Waals surface area contributed by atoms with Crippen molar-refractivity contribution in [3.63, 3.8) is 0 Å². The molecule has 0 aliphatic carbocycles. The van der Waals surface area contributed by atoms with Crippen molar-refractivity contribution in [2.24, 2.45) is 0 Å². The Balaban J connectivity index is 1.70. The van der Waals surface area contributed by atoms with Crippen LogP contribution in [0.4, 0.5) is 11.6 Å². The molecule has 1 aromatic heterocycles. The molecule has 1 aliphatic rings. The SMILES string of the molecule is COc1cc(CNc2cc(N3CCOCC3)ncn2)cc(Br)c1OC. The third-order valence-corrected chi connectivity index (χ3v) is 4.54. The smallest absolute Gasteiger partial charge is 0.174 e. The summed E-state index contributed by atoms with van der Waals surface area (Å²) in [6, 6.07) is 5.90. The lowest BCUT2D eigenvalue weighted by atomic mass is 10.2. The summed E-state index contributed by atoms with van der Waals surface area (Å²) < 4.78 is 17.0. The Bertz CT molecular complexity index is 723. The molecule has 1 aromatic carbocycles. The highest BCUT2D eigenvalue weighted by Crippen LogP contribution is 2.36. The van der Waals surface area contributed by atoms with Crippen molar-refractivity contribution < 1.29 is 14.2 Å². The Morgan fingerprint density at radius 2 is 1.96 bits per heavy atom. The van der Waals surface area contributed by atoms with E-state index < -0.39 is 0 Å². The first-order valence-corrected chi connectivity index (χ1v) is 8.79. The molecule has 0 spiro atoms. The third-order valence-electron chi connectivity index (χ3n) is 3.95. The molecule has 0 bridgehead atoms. The van der Waals surface area contributed by atoms with Crippen molar-refractivity contribution >= 4 is 27.6 Å². The van der Waals surface area contributed by atoms with Gasteiger partial charge in [-0.25, -0.2) is 9.97 Å². The Kier molecular flexibility index (Phi) is 5.93. The number of nitrogens with one attached hydrogen (secondary N) is 1. The Morgan fingerprint density at radius 1 is 1.16 bits per heavy atom. The monoisotopic (exact) mass is 408 g/mol. The van der Waals surface area contributed by atoms with Crippen LogP contribution in [0.3, 0.4) is 0 Å². The molecule has 1 saturated heterocycles. The van der Waals surface area contributed by atoms with Gasteiger partial charge in [0.1, 0.15) is 18.0 Å². The zero-order chi connectivity index (χ0) is 17.6. The fraction of sp³-hybridized carbons (Fsp3) is 0.412. The zero-order valence-corrected chi connectivity index (χ0v) is 15.9. The molecule has 0 atom stereocenters. The Morgan fingerprint density at radius 3 is 2.68 bits per heavy atom. The molecule has 134 valence electrons. The van der Waals surface area contributed by atoms with E-state index in [1.54, 1.807) is 20.5 Å². The zero-order valence-electron chi connectivity index (χ0n) is 14.3. The highest BCUT2D eigenvalue weighted by atomic mass is 79.9. The van der Waals surface area contributed by atoms with Crippen LogP contribution in [0, 0.1) is 0 Å². The van der Waals surface area contributed by atoms with E-state index in [9.17, 15) is 0 Å². The van der Waals surface area contributed by atoms with E-state index in [-0.39, 0.29) is 0 Å². The summed E-state index contributed by atoms with van der Waals surface area (Å²) in [6.45, 7) is 3.76. The summed E-state index contributed by atoms with van der Waals surface area (Å²) in [5, 5.41) is 3.33. The first kappa shape index (κ1) is 17.8. The number of rotatable bonds is 6. The van der Waals surface area contributed by atoms with Crippen LogP contribution in [0.5, 0.6) is 11.5 Å². The molecule has 8 heteroatoms. The van der Waals surface area contributed by atoms with Gasteiger partial charge in [-0.15, -0.1) is 0 Å². The molecule has 3 rings (SSSR count). The normalized spacial score (nSPS) is 14.3. The van der Waals surface area contributed by atoms with Crippen molar-refractivity contribution in [1.29, 1.82) is 0 Å². The molecule has 7 nitrogen and oxygen atoms in total. The largest absolute Gasteiger partial charge is 0.493 e. The standard InChI is InChI=1S/C17H21BrN4O3/c1-23-14-8-12(7-13(18)17(14)24-2)10-19-15-9-16(21-11-20-15)22-3-5-25-6-4-22/h7-9,11H,3-6,10H2,1-2H3,(H,19,20,21). The van der Waals surface area contributed by atoms with Crippen molar-refractivity contribution in [2.75, 3.05) is 50.7 Å². The molecule has 1 aliphatic heterocycles. The number of halogens is 1. The number of morpholine rings is 1. The molecule has 1 N–H and O–H groups in total. The molecule has 1 fully saturated rings. The van der Waals surface area contributed by atoms with E-state index in [1.165, 1.54) is 0 Å². The van der Waals surface area contributed by atoms with Gasteiger partial charge in [-0.1, -0.05) is 0 Å². The van der Waals surface area contributed by atoms with Gasteiger partial charge in [-0.05, 0) is 33.6 Å². The van der Waals surface area contributed by atoms with Gasteiger partial charge in [-0.2, -0.15) is 0 Å². The maximum atomic E-state index is 5.38. The fourth-order valence-electron chi connectivity index (χ4n) is 2.68. The quantitative estimate of drug-likeness (QED) is 0.787. The van der Waals surface area contributed by atoms with Crippen LogP contribution in [0.1, 0.15) is 5.56 Å². The van der Waals surface area contributed by atoms with Gasteiger partial charge >= 0.3 is 0 Å². The molecular weight excluding hydrogens is 388 g/mol. The maximum absolute atomic E-state index is 5.38. The van der Waals surface area contributed by atoms with Gasteiger partial charge in [0.05, 0.1) is 31.9 Å². The second-order valence-electron chi connectivity index (χ2n) is 5.53. The van der Waals surface area contributed by atoms with Crippen LogP contribution < -0.4 is 19.7 Å². The molecule has 0 radical (unpaired) electrons. The van der Waals surface area contributed by atoms with E-state index in [0.29, 0.717) is 18.0 Å². The summed E-state index contributed by atoms with van der Waals surface area (Å²) in [5.74, 6) is 3.06. The van der Waals surface area contributed by atoms with Crippen LogP contribution in [0.15, 0.2) is 29.0 Å². The van der Waals surface area contributed by atoms with Crippen LogP contribution >= 0.6 is 15.9 Å².